The minimum atomic E-state index is 0.196. The molecule has 0 saturated heterocycles. The number of hydrogen-bond acceptors (Lipinski definition) is 3. The van der Waals surface area contributed by atoms with Gasteiger partial charge in [0, 0.05) is 7.05 Å². The Bertz CT molecular complexity index is 273. The number of carbonyl (C=O) groups excluding carboxylic acids is 1. The second-order valence-electron chi connectivity index (χ2n) is 2.54. The zero-order chi connectivity index (χ0) is 8.97. The third kappa shape index (κ3) is 1.75. The summed E-state index contributed by atoms with van der Waals surface area (Å²) < 4.78 is 0. The molecule has 0 amide bonds. The lowest BCUT2D eigenvalue weighted by molar-refractivity contribution is -0.106. The lowest BCUT2D eigenvalue weighted by Crippen LogP contribution is -2.19. The summed E-state index contributed by atoms with van der Waals surface area (Å²) in [6.07, 6.45) is 0.798. The number of hydrogen-bond donors (Lipinski definition) is 1. The molecule has 0 unspecified atom stereocenters. The average molecular weight is 165 g/mol. The zero-order valence-electron chi connectivity index (χ0n) is 6.90. The molecular weight excluding hydrogens is 154 g/mol. The van der Waals surface area contributed by atoms with Gasteiger partial charge < -0.3 is 14.8 Å². The van der Waals surface area contributed by atoms with Crippen LogP contribution in [0.5, 0.6) is 5.75 Å². The molecule has 0 radical (unpaired) electrons. The van der Waals surface area contributed by atoms with Crippen molar-refractivity contribution in [3.05, 3.63) is 24.3 Å². The SMILES string of the molecule is CN(CC=O)c1ccccc1O. The second-order valence-corrected chi connectivity index (χ2v) is 2.54. The van der Waals surface area contributed by atoms with Gasteiger partial charge in [-0.2, -0.15) is 0 Å². The fourth-order valence-electron chi connectivity index (χ4n) is 0.997. The summed E-state index contributed by atoms with van der Waals surface area (Å²) in [4.78, 5) is 11.9. The number of para-hydroxylation sites is 2. The van der Waals surface area contributed by atoms with E-state index in [0.29, 0.717) is 5.69 Å². The van der Waals surface area contributed by atoms with Crippen molar-refractivity contribution in [1.29, 1.82) is 0 Å². The number of likely N-dealkylation sites (N-methyl/N-ethyl adjacent to an activating group) is 1. The Morgan fingerprint density at radius 1 is 1.50 bits per heavy atom. The fourth-order valence-corrected chi connectivity index (χ4v) is 0.997. The minimum Gasteiger partial charge on any atom is -0.506 e. The number of phenols is 1. The highest BCUT2D eigenvalue weighted by Crippen LogP contribution is 2.24. The summed E-state index contributed by atoms with van der Waals surface area (Å²) in [5, 5.41) is 9.35. The molecule has 0 saturated carbocycles. The van der Waals surface area contributed by atoms with Crippen LogP contribution in [-0.4, -0.2) is 25.0 Å². The van der Waals surface area contributed by atoms with Crippen LogP contribution in [0.2, 0.25) is 0 Å². The van der Waals surface area contributed by atoms with Crippen LogP contribution >= 0.6 is 0 Å². The van der Waals surface area contributed by atoms with E-state index in [-0.39, 0.29) is 12.3 Å². The highest BCUT2D eigenvalue weighted by Gasteiger charge is 2.03. The van der Waals surface area contributed by atoms with Crippen LogP contribution in [0.3, 0.4) is 0 Å². The largest absolute Gasteiger partial charge is 0.506 e. The normalized spacial score (nSPS) is 9.42. The molecule has 1 rings (SSSR count). The molecular formula is C9H11NO2. The van der Waals surface area contributed by atoms with Crippen LogP contribution in [-0.2, 0) is 4.79 Å². The number of carbonyl (C=O) groups is 1. The van der Waals surface area contributed by atoms with Gasteiger partial charge in [0.1, 0.15) is 12.0 Å². The summed E-state index contributed by atoms with van der Waals surface area (Å²) in [5.74, 6) is 0.196. The molecule has 1 aromatic rings. The predicted octanol–water partition coefficient (Wildman–Crippen LogP) is 1.03. The number of anilines is 1. The fraction of sp³-hybridized carbons (Fsp3) is 0.222. The van der Waals surface area contributed by atoms with E-state index in [1.807, 2.05) is 6.07 Å². The van der Waals surface area contributed by atoms with Crippen LogP contribution < -0.4 is 4.90 Å². The molecule has 1 N–H and O–H groups in total. The summed E-state index contributed by atoms with van der Waals surface area (Å²) in [7, 11) is 1.75. The Balaban J connectivity index is 2.86. The number of nitrogens with zero attached hydrogens (tertiary/aromatic N) is 1. The Labute approximate surface area is 71.2 Å². The van der Waals surface area contributed by atoms with Crippen LogP contribution in [0, 0.1) is 0 Å². The number of phenolic OH excluding ortho intramolecular Hbond substituents is 1. The van der Waals surface area contributed by atoms with Gasteiger partial charge in [0.25, 0.3) is 0 Å². The first kappa shape index (κ1) is 8.59. The van der Waals surface area contributed by atoms with Gasteiger partial charge in [0.15, 0.2) is 0 Å². The number of aromatic hydroxyl groups is 1. The first-order valence-electron chi connectivity index (χ1n) is 3.68. The van der Waals surface area contributed by atoms with Crippen molar-refractivity contribution in [3.8, 4) is 5.75 Å². The van der Waals surface area contributed by atoms with Gasteiger partial charge in [-0.05, 0) is 12.1 Å². The highest BCUT2D eigenvalue weighted by molar-refractivity contribution is 5.64. The number of rotatable bonds is 3. The van der Waals surface area contributed by atoms with E-state index in [4.69, 9.17) is 0 Å². The van der Waals surface area contributed by atoms with Crippen molar-refractivity contribution >= 4 is 12.0 Å². The third-order valence-corrected chi connectivity index (χ3v) is 1.64. The molecule has 0 aromatic heterocycles. The molecule has 0 bridgehead atoms. The van der Waals surface area contributed by atoms with Crippen LogP contribution in [0.15, 0.2) is 24.3 Å². The maximum atomic E-state index is 10.2. The lowest BCUT2D eigenvalue weighted by atomic mass is 10.3. The quantitative estimate of drug-likeness (QED) is 0.680. The van der Waals surface area contributed by atoms with E-state index < -0.39 is 0 Å². The summed E-state index contributed by atoms with van der Waals surface area (Å²) >= 11 is 0. The number of aldehydes is 1. The molecule has 3 nitrogen and oxygen atoms in total. The van der Waals surface area contributed by atoms with Crippen molar-refractivity contribution in [1.82, 2.24) is 0 Å². The van der Waals surface area contributed by atoms with Gasteiger partial charge in [-0.25, -0.2) is 0 Å². The predicted molar refractivity (Wildman–Crippen MR) is 47.4 cm³/mol. The molecule has 0 heterocycles. The van der Waals surface area contributed by atoms with Gasteiger partial charge in [0.05, 0.1) is 12.2 Å². The molecule has 12 heavy (non-hydrogen) atoms. The second kappa shape index (κ2) is 3.76. The van der Waals surface area contributed by atoms with Gasteiger partial charge in [-0.3, -0.25) is 0 Å². The standard InChI is InChI=1S/C9H11NO2/c1-10(6-7-11)8-4-2-3-5-9(8)12/h2-5,7,12H,6H2,1H3. The summed E-state index contributed by atoms with van der Waals surface area (Å²) in [5.41, 5.74) is 0.671. The molecule has 1 aromatic carbocycles. The molecule has 3 heteroatoms. The monoisotopic (exact) mass is 165 g/mol. The third-order valence-electron chi connectivity index (χ3n) is 1.64. The molecule has 0 atom stereocenters. The van der Waals surface area contributed by atoms with Crippen molar-refractivity contribution in [2.24, 2.45) is 0 Å². The summed E-state index contributed by atoms with van der Waals surface area (Å²) in [6, 6.07) is 6.92. The van der Waals surface area contributed by atoms with Gasteiger partial charge in [-0.15, -0.1) is 0 Å². The van der Waals surface area contributed by atoms with Gasteiger partial charge in [-0.1, -0.05) is 12.1 Å². The zero-order valence-corrected chi connectivity index (χ0v) is 6.90. The van der Waals surface area contributed by atoms with Crippen molar-refractivity contribution < 1.29 is 9.90 Å². The Morgan fingerprint density at radius 2 is 2.17 bits per heavy atom. The molecule has 0 spiro atoms. The molecule has 0 aliphatic carbocycles. The first-order chi connectivity index (χ1) is 5.75. The molecule has 0 aliphatic rings. The maximum absolute atomic E-state index is 10.2. The van der Waals surface area contributed by atoms with Crippen molar-refractivity contribution in [2.75, 3.05) is 18.5 Å². The van der Waals surface area contributed by atoms with Crippen LogP contribution in [0.1, 0.15) is 0 Å². The Kier molecular flexibility index (Phi) is 2.69. The van der Waals surface area contributed by atoms with Crippen molar-refractivity contribution in [3.63, 3.8) is 0 Å². The van der Waals surface area contributed by atoms with Crippen LogP contribution in [0.4, 0.5) is 5.69 Å². The first-order valence-corrected chi connectivity index (χ1v) is 3.68. The summed E-state index contributed by atoms with van der Waals surface area (Å²) in [6.45, 7) is 0.289. The van der Waals surface area contributed by atoms with E-state index in [2.05, 4.69) is 0 Å². The van der Waals surface area contributed by atoms with E-state index in [0.717, 1.165) is 6.29 Å². The van der Waals surface area contributed by atoms with Gasteiger partial charge >= 0.3 is 0 Å². The van der Waals surface area contributed by atoms with E-state index in [1.54, 1.807) is 30.1 Å². The topological polar surface area (TPSA) is 40.5 Å². The van der Waals surface area contributed by atoms with Crippen molar-refractivity contribution in [2.45, 2.75) is 0 Å². The smallest absolute Gasteiger partial charge is 0.139 e. The minimum absolute atomic E-state index is 0.196. The van der Waals surface area contributed by atoms with E-state index in [1.165, 1.54) is 0 Å². The molecule has 64 valence electrons. The molecule has 0 aliphatic heterocycles. The van der Waals surface area contributed by atoms with E-state index in [9.17, 15) is 9.90 Å². The molecule has 0 fully saturated rings. The maximum Gasteiger partial charge on any atom is 0.139 e. The highest BCUT2D eigenvalue weighted by atomic mass is 16.3. The Hall–Kier alpha value is -1.51. The average Bonchev–Trinajstić information content (AvgIpc) is 2.05. The van der Waals surface area contributed by atoms with E-state index >= 15 is 0 Å². The van der Waals surface area contributed by atoms with Gasteiger partial charge in [0.2, 0.25) is 0 Å². The lowest BCUT2D eigenvalue weighted by Gasteiger charge is -2.16. The Morgan fingerprint density at radius 3 is 2.75 bits per heavy atom. The number of benzene rings is 1. The van der Waals surface area contributed by atoms with Crippen LogP contribution in [0.25, 0.3) is 0 Å².